The largest absolute Gasteiger partial charge is 0.492 e. The van der Waals surface area contributed by atoms with Crippen LogP contribution in [0.15, 0.2) is 89.4 Å². The first-order chi connectivity index (χ1) is 14.6. The summed E-state index contributed by atoms with van der Waals surface area (Å²) >= 11 is 3.38. The summed E-state index contributed by atoms with van der Waals surface area (Å²) in [6.45, 7) is 0.390. The average molecular weight is 465 g/mol. The Hall–Kier alpha value is -3.12. The van der Waals surface area contributed by atoms with Crippen molar-refractivity contribution in [1.29, 1.82) is 0 Å². The fraction of sp³-hybridized carbons (Fsp3) is 0.167. The Morgan fingerprint density at radius 2 is 1.50 bits per heavy atom. The summed E-state index contributed by atoms with van der Waals surface area (Å²) in [6.07, 6.45) is 0.381. The van der Waals surface area contributed by atoms with Crippen molar-refractivity contribution in [2.45, 2.75) is 12.0 Å². The van der Waals surface area contributed by atoms with Crippen molar-refractivity contribution >= 4 is 27.9 Å². The Morgan fingerprint density at radius 1 is 0.867 bits per heavy atom. The van der Waals surface area contributed by atoms with Gasteiger partial charge in [0.1, 0.15) is 12.4 Å². The van der Waals surface area contributed by atoms with E-state index in [9.17, 15) is 9.59 Å². The van der Waals surface area contributed by atoms with E-state index in [-0.39, 0.29) is 19.1 Å². The van der Waals surface area contributed by atoms with E-state index in [1.54, 1.807) is 0 Å². The van der Waals surface area contributed by atoms with Crippen molar-refractivity contribution in [3.63, 3.8) is 0 Å². The number of imide groups is 1. The lowest BCUT2D eigenvalue weighted by Crippen LogP contribution is -2.46. The third kappa shape index (κ3) is 4.09. The number of carbonyl (C=O) groups excluding carboxylic acids is 2. The van der Waals surface area contributed by atoms with E-state index in [0.717, 1.165) is 15.6 Å². The van der Waals surface area contributed by atoms with Crippen molar-refractivity contribution in [2.75, 3.05) is 13.2 Å². The van der Waals surface area contributed by atoms with Gasteiger partial charge >= 0.3 is 6.03 Å². The standard InChI is InChI=1S/C24H21BrN2O3/c25-20-11-13-21(14-12-20)30-16-15-27-22(28)24(26-23(27)29,19-9-5-2-6-10-19)17-18-7-3-1-4-8-18/h1-14H,15-17H2,(H,26,29). The van der Waals surface area contributed by atoms with E-state index in [1.165, 1.54) is 4.90 Å². The molecule has 3 aromatic rings. The summed E-state index contributed by atoms with van der Waals surface area (Å²) in [5.74, 6) is 0.422. The Kier molecular flexibility index (Phi) is 5.86. The van der Waals surface area contributed by atoms with E-state index in [1.807, 2.05) is 84.9 Å². The van der Waals surface area contributed by atoms with Crippen LogP contribution in [0, 0.1) is 0 Å². The molecule has 1 fully saturated rings. The molecule has 1 atom stereocenters. The normalized spacial score (nSPS) is 18.4. The molecule has 3 amide bonds. The maximum absolute atomic E-state index is 13.5. The maximum atomic E-state index is 13.5. The first-order valence-corrected chi connectivity index (χ1v) is 10.5. The molecule has 1 aliphatic rings. The summed E-state index contributed by atoms with van der Waals surface area (Å²) in [7, 11) is 0. The van der Waals surface area contributed by atoms with Crippen molar-refractivity contribution in [3.05, 3.63) is 101 Å². The number of hydrogen-bond donors (Lipinski definition) is 1. The first kappa shape index (κ1) is 20.2. The summed E-state index contributed by atoms with van der Waals surface area (Å²) < 4.78 is 6.67. The second kappa shape index (κ2) is 8.71. The van der Waals surface area contributed by atoms with Crippen LogP contribution in [0.25, 0.3) is 0 Å². The zero-order valence-electron chi connectivity index (χ0n) is 16.3. The summed E-state index contributed by atoms with van der Waals surface area (Å²) in [5.41, 5.74) is 0.614. The third-order valence-corrected chi connectivity index (χ3v) is 5.68. The van der Waals surface area contributed by atoms with Crippen LogP contribution in [0.4, 0.5) is 4.79 Å². The third-order valence-electron chi connectivity index (χ3n) is 5.15. The minimum Gasteiger partial charge on any atom is -0.492 e. The predicted octanol–water partition coefficient (Wildman–Crippen LogP) is 4.52. The lowest BCUT2D eigenvalue weighted by Gasteiger charge is -2.27. The van der Waals surface area contributed by atoms with Gasteiger partial charge in [-0.1, -0.05) is 76.6 Å². The molecule has 1 heterocycles. The molecule has 0 spiro atoms. The number of hydrogen-bond acceptors (Lipinski definition) is 3. The number of halogens is 1. The molecule has 0 aromatic heterocycles. The van der Waals surface area contributed by atoms with Crippen molar-refractivity contribution in [3.8, 4) is 5.75 Å². The highest BCUT2D eigenvalue weighted by molar-refractivity contribution is 9.10. The highest BCUT2D eigenvalue weighted by Gasteiger charge is 2.52. The number of ether oxygens (including phenoxy) is 1. The van der Waals surface area contributed by atoms with E-state index < -0.39 is 11.6 Å². The second-order valence-electron chi connectivity index (χ2n) is 7.12. The number of nitrogens with zero attached hydrogens (tertiary/aromatic N) is 1. The monoisotopic (exact) mass is 464 g/mol. The minimum atomic E-state index is -1.13. The van der Waals surface area contributed by atoms with Gasteiger partial charge in [-0.05, 0) is 35.4 Å². The molecule has 1 saturated heterocycles. The fourth-order valence-corrected chi connectivity index (χ4v) is 3.92. The van der Waals surface area contributed by atoms with Crippen LogP contribution in [0.1, 0.15) is 11.1 Å². The fourth-order valence-electron chi connectivity index (χ4n) is 3.66. The zero-order valence-corrected chi connectivity index (χ0v) is 17.8. The molecular formula is C24H21BrN2O3. The van der Waals surface area contributed by atoms with Gasteiger partial charge in [0, 0.05) is 10.9 Å². The number of nitrogens with one attached hydrogen (secondary N) is 1. The molecule has 6 heteroatoms. The number of carbonyl (C=O) groups is 2. The minimum absolute atomic E-state index is 0.171. The van der Waals surface area contributed by atoms with E-state index in [4.69, 9.17) is 4.74 Å². The van der Waals surface area contributed by atoms with Crippen LogP contribution in [0.2, 0.25) is 0 Å². The number of rotatable bonds is 7. The molecule has 1 aliphatic heterocycles. The highest BCUT2D eigenvalue weighted by Crippen LogP contribution is 2.33. The van der Waals surface area contributed by atoms with Gasteiger partial charge in [0.25, 0.3) is 5.91 Å². The average Bonchev–Trinajstić information content (AvgIpc) is 3.01. The number of benzene rings is 3. The van der Waals surface area contributed by atoms with E-state index in [0.29, 0.717) is 12.2 Å². The Balaban J connectivity index is 1.55. The molecule has 5 nitrogen and oxygen atoms in total. The van der Waals surface area contributed by atoms with Gasteiger partial charge < -0.3 is 10.1 Å². The van der Waals surface area contributed by atoms with E-state index >= 15 is 0 Å². The molecule has 152 valence electrons. The molecular weight excluding hydrogens is 444 g/mol. The zero-order chi connectivity index (χ0) is 21.0. The molecule has 1 unspecified atom stereocenters. The van der Waals surface area contributed by atoms with Gasteiger partial charge in [0.15, 0.2) is 5.54 Å². The van der Waals surface area contributed by atoms with Gasteiger partial charge in [0.2, 0.25) is 0 Å². The summed E-state index contributed by atoms with van der Waals surface area (Å²) in [5, 5.41) is 2.96. The molecule has 1 N–H and O–H groups in total. The Morgan fingerprint density at radius 3 is 2.17 bits per heavy atom. The maximum Gasteiger partial charge on any atom is 0.325 e. The van der Waals surface area contributed by atoms with Crippen molar-refractivity contribution in [1.82, 2.24) is 10.2 Å². The van der Waals surface area contributed by atoms with Crippen molar-refractivity contribution < 1.29 is 14.3 Å². The van der Waals surface area contributed by atoms with Crippen LogP contribution in [0.3, 0.4) is 0 Å². The molecule has 4 rings (SSSR count). The van der Waals surface area contributed by atoms with Crippen molar-refractivity contribution in [2.24, 2.45) is 0 Å². The van der Waals surface area contributed by atoms with Crippen LogP contribution < -0.4 is 10.1 Å². The smallest absolute Gasteiger partial charge is 0.325 e. The summed E-state index contributed by atoms with van der Waals surface area (Å²) in [4.78, 5) is 27.5. The Bertz CT molecular complexity index is 1030. The number of amides is 3. The summed E-state index contributed by atoms with van der Waals surface area (Å²) in [6, 6.07) is 26.1. The van der Waals surface area contributed by atoms with Gasteiger partial charge in [0.05, 0.1) is 6.54 Å². The topological polar surface area (TPSA) is 58.6 Å². The second-order valence-corrected chi connectivity index (χ2v) is 8.04. The highest BCUT2D eigenvalue weighted by atomic mass is 79.9. The van der Waals surface area contributed by atoms with E-state index in [2.05, 4.69) is 21.2 Å². The van der Waals surface area contributed by atoms with Crippen LogP contribution in [-0.4, -0.2) is 30.0 Å². The lowest BCUT2D eigenvalue weighted by molar-refractivity contribution is -0.131. The SMILES string of the molecule is O=C1NC(Cc2ccccc2)(c2ccccc2)C(=O)N1CCOc1ccc(Br)cc1. The molecule has 0 bridgehead atoms. The molecule has 0 aliphatic carbocycles. The van der Waals surface area contributed by atoms with Gasteiger partial charge in [-0.15, -0.1) is 0 Å². The molecule has 0 radical (unpaired) electrons. The molecule has 3 aromatic carbocycles. The predicted molar refractivity (Wildman–Crippen MR) is 118 cm³/mol. The number of urea groups is 1. The lowest BCUT2D eigenvalue weighted by atomic mass is 9.83. The molecule has 30 heavy (non-hydrogen) atoms. The van der Waals surface area contributed by atoms with Gasteiger partial charge in [-0.2, -0.15) is 0 Å². The first-order valence-electron chi connectivity index (χ1n) is 9.70. The molecule has 0 saturated carbocycles. The quantitative estimate of drug-likeness (QED) is 0.523. The van der Waals surface area contributed by atoms with Crippen LogP contribution >= 0.6 is 15.9 Å². The van der Waals surface area contributed by atoms with Gasteiger partial charge in [-0.3, -0.25) is 9.69 Å². The van der Waals surface area contributed by atoms with Crippen LogP contribution in [0.5, 0.6) is 5.75 Å². The van der Waals surface area contributed by atoms with Crippen LogP contribution in [-0.2, 0) is 16.8 Å². The Labute approximate surface area is 183 Å². The van der Waals surface area contributed by atoms with Gasteiger partial charge in [-0.25, -0.2) is 4.79 Å².